The van der Waals surface area contributed by atoms with E-state index in [4.69, 9.17) is 4.52 Å². The first-order valence-corrected chi connectivity index (χ1v) is 6.29. The summed E-state index contributed by atoms with van der Waals surface area (Å²) in [5.74, 6) is 1.95. The molecule has 18 heavy (non-hydrogen) atoms. The maximum Gasteiger partial charge on any atom is 0.238 e. The van der Waals surface area contributed by atoms with Gasteiger partial charge in [0, 0.05) is 18.4 Å². The molecular weight excluding hydrogens is 230 g/mol. The van der Waals surface area contributed by atoms with Crippen molar-refractivity contribution in [1.82, 2.24) is 25.4 Å². The molecule has 0 aliphatic rings. The minimum Gasteiger partial charge on any atom is -0.342 e. The van der Waals surface area contributed by atoms with Crippen molar-refractivity contribution < 1.29 is 4.52 Å². The lowest BCUT2D eigenvalue weighted by Crippen LogP contribution is -2.31. The summed E-state index contributed by atoms with van der Waals surface area (Å²) in [6, 6.07) is 0.301. The second-order valence-corrected chi connectivity index (χ2v) is 4.43. The summed E-state index contributed by atoms with van der Waals surface area (Å²) < 4.78 is 5.29. The smallest absolute Gasteiger partial charge is 0.238 e. The minimum absolute atomic E-state index is 0.174. The van der Waals surface area contributed by atoms with Gasteiger partial charge in [0.15, 0.2) is 5.82 Å². The first-order chi connectivity index (χ1) is 8.72. The molecule has 2 rings (SSSR count). The van der Waals surface area contributed by atoms with Crippen LogP contribution in [0.15, 0.2) is 16.9 Å². The molecule has 0 saturated heterocycles. The van der Waals surface area contributed by atoms with Gasteiger partial charge in [-0.05, 0) is 19.9 Å². The topological polar surface area (TPSA) is 79.6 Å². The van der Waals surface area contributed by atoms with Crippen LogP contribution < -0.4 is 5.32 Å². The number of aromatic amines is 1. The number of hydrogen-bond donors (Lipinski definition) is 2. The fourth-order valence-corrected chi connectivity index (χ4v) is 1.67. The van der Waals surface area contributed by atoms with Crippen LogP contribution in [0.2, 0.25) is 0 Å². The van der Waals surface area contributed by atoms with E-state index < -0.39 is 0 Å². The van der Waals surface area contributed by atoms with Gasteiger partial charge in [0.2, 0.25) is 11.7 Å². The molecule has 2 aromatic rings. The zero-order valence-electron chi connectivity index (χ0n) is 11.0. The van der Waals surface area contributed by atoms with Gasteiger partial charge >= 0.3 is 0 Å². The molecule has 0 saturated carbocycles. The highest BCUT2D eigenvalue weighted by Gasteiger charge is 2.21. The van der Waals surface area contributed by atoms with Gasteiger partial charge in [0.1, 0.15) is 0 Å². The third-order valence-electron chi connectivity index (χ3n) is 3.01. The highest BCUT2D eigenvalue weighted by atomic mass is 16.5. The van der Waals surface area contributed by atoms with E-state index in [1.807, 2.05) is 0 Å². The van der Waals surface area contributed by atoms with Crippen LogP contribution in [0.3, 0.4) is 0 Å². The molecule has 2 aromatic heterocycles. The molecule has 2 unspecified atom stereocenters. The molecule has 0 bridgehead atoms. The second kappa shape index (κ2) is 5.77. The number of nitrogens with one attached hydrogen (secondary N) is 2. The SMILES string of the molecule is CCCNC(C)C(C)c1nc(-c2ncc[nH]2)no1. The quantitative estimate of drug-likeness (QED) is 0.818. The molecule has 0 aromatic carbocycles. The Hall–Kier alpha value is -1.69. The van der Waals surface area contributed by atoms with Crippen molar-refractivity contribution >= 4 is 0 Å². The van der Waals surface area contributed by atoms with Crippen LogP contribution in [0, 0.1) is 0 Å². The summed E-state index contributed by atoms with van der Waals surface area (Å²) in [6.07, 6.45) is 4.51. The molecule has 2 atom stereocenters. The first kappa shape index (κ1) is 12.8. The van der Waals surface area contributed by atoms with E-state index in [0.29, 0.717) is 23.6 Å². The molecule has 98 valence electrons. The van der Waals surface area contributed by atoms with Gasteiger partial charge in [-0.2, -0.15) is 4.98 Å². The average Bonchev–Trinajstić information content (AvgIpc) is 3.04. The van der Waals surface area contributed by atoms with Crippen LogP contribution in [0.5, 0.6) is 0 Å². The van der Waals surface area contributed by atoms with Crippen molar-refractivity contribution in [3.8, 4) is 11.6 Å². The predicted octanol–water partition coefficient (Wildman–Crippen LogP) is 1.95. The zero-order chi connectivity index (χ0) is 13.0. The van der Waals surface area contributed by atoms with E-state index in [1.165, 1.54) is 0 Å². The first-order valence-electron chi connectivity index (χ1n) is 6.29. The van der Waals surface area contributed by atoms with Gasteiger partial charge in [0.05, 0.1) is 5.92 Å². The number of H-pyrrole nitrogens is 1. The maximum atomic E-state index is 5.29. The molecule has 6 heteroatoms. The van der Waals surface area contributed by atoms with E-state index in [1.54, 1.807) is 12.4 Å². The van der Waals surface area contributed by atoms with E-state index in [2.05, 4.69) is 46.2 Å². The summed E-state index contributed by atoms with van der Waals surface area (Å²) in [4.78, 5) is 11.4. The van der Waals surface area contributed by atoms with Gasteiger partial charge in [-0.3, -0.25) is 0 Å². The van der Waals surface area contributed by atoms with E-state index >= 15 is 0 Å². The Morgan fingerprint density at radius 2 is 2.28 bits per heavy atom. The van der Waals surface area contributed by atoms with E-state index in [0.717, 1.165) is 13.0 Å². The molecule has 2 heterocycles. The number of imidazole rings is 1. The Labute approximate surface area is 106 Å². The van der Waals surface area contributed by atoms with E-state index in [9.17, 15) is 0 Å². The van der Waals surface area contributed by atoms with Crippen LogP contribution >= 0.6 is 0 Å². The minimum atomic E-state index is 0.174. The second-order valence-electron chi connectivity index (χ2n) is 4.43. The molecule has 0 aliphatic carbocycles. The van der Waals surface area contributed by atoms with Crippen molar-refractivity contribution in [2.45, 2.75) is 39.2 Å². The summed E-state index contributed by atoms with van der Waals surface area (Å²) in [5, 5.41) is 7.36. The maximum absolute atomic E-state index is 5.29. The fraction of sp³-hybridized carbons (Fsp3) is 0.583. The summed E-state index contributed by atoms with van der Waals surface area (Å²) in [6.45, 7) is 7.33. The lowest BCUT2D eigenvalue weighted by molar-refractivity contribution is 0.331. The average molecular weight is 249 g/mol. The molecule has 2 N–H and O–H groups in total. The van der Waals surface area contributed by atoms with Gasteiger partial charge in [-0.1, -0.05) is 19.0 Å². The van der Waals surface area contributed by atoms with Crippen LogP contribution in [0.1, 0.15) is 39.0 Å². The normalized spacial score (nSPS) is 14.6. The van der Waals surface area contributed by atoms with Crippen LogP contribution in [0.4, 0.5) is 0 Å². The van der Waals surface area contributed by atoms with Crippen LogP contribution in [-0.4, -0.2) is 32.7 Å². The summed E-state index contributed by atoms with van der Waals surface area (Å²) >= 11 is 0. The number of aromatic nitrogens is 4. The molecule has 0 spiro atoms. The molecule has 0 radical (unpaired) electrons. The van der Waals surface area contributed by atoms with Crippen molar-refractivity contribution in [2.24, 2.45) is 0 Å². The third-order valence-corrected chi connectivity index (χ3v) is 3.01. The largest absolute Gasteiger partial charge is 0.342 e. The van der Waals surface area contributed by atoms with Gasteiger partial charge in [-0.25, -0.2) is 4.98 Å². The molecule has 6 nitrogen and oxygen atoms in total. The number of rotatable bonds is 6. The van der Waals surface area contributed by atoms with Gasteiger partial charge in [-0.15, -0.1) is 0 Å². The van der Waals surface area contributed by atoms with Crippen molar-refractivity contribution in [2.75, 3.05) is 6.54 Å². The third kappa shape index (κ3) is 2.76. The van der Waals surface area contributed by atoms with Gasteiger partial charge < -0.3 is 14.8 Å². The highest BCUT2D eigenvalue weighted by molar-refractivity contribution is 5.40. The highest BCUT2D eigenvalue weighted by Crippen LogP contribution is 2.19. The summed E-state index contributed by atoms with van der Waals surface area (Å²) in [5.41, 5.74) is 0. The van der Waals surface area contributed by atoms with Gasteiger partial charge in [0.25, 0.3) is 0 Å². The lowest BCUT2D eigenvalue weighted by Gasteiger charge is -2.17. The van der Waals surface area contributed by atoms with Crippen molar-refractivity contribution in [3.05, 3.63) is 18.3 Å². The number of nitrogens with zero attached hydrogens (tertiary/aromatic N) is 3. The molecule has 0 fully saturated rings. The van der Waals surface area contributed by atoms with Crippen molar-refractivity contribution in [3.63, 3.8) is 0 Å². The molecule has 0 amide bonds. The Bertz CT molecular complexity index is 465. The van der Waals surface area contributed by atoms with E-state index in [-0.39, 0.29) is 5.92 Å². The number of hydrogen-bond acceptors (Lipinski definition) is 5. The Balaban J connectivity index is 2.05. The Morgan fingerprint density at radius 3 is 2.94 bits per heavy atom. The molecular formula is C12H19N5O. The predicted molar refractivity (Wildman–Crippen MR) is 68.1 cm³/mol. The van der Waals surface area contributed by atoms with Crippen LogP contribution in [0.25, 0.3) is 11.6 Å². The fourth-order valence-electron chi connectivity index (χ4n) is 1.67. The summed E-state index contributed by atoms with van der Waals surface area (Å²) in [7, 11) is 0. The molecule has 0 aliphatic heterocycles. The van der Waals surface area contributed by atoms with Crippen molar-refractivity contribution in [1.29, 1.82) is 0 Å². The monoisotopic (exact) mass is 249 g/mol. The standard InChI is InChI=1S/C12H19N5O/c1-4-5-13-9(3)8(2)12-16-11(17-18-12)10-14-6-7-15-10/h6-9,13H,4-5H2,1-3H3,(H,14,15). The Morgan fingerprint density at radius 1 is 1.44 bits per heavy atom. The lowest BCUT2D eigenvalue weighted by atomic mass is 10.0. The van der Waals surface area contributed by atoms with Crippen LogP contribution in [-0.2, 0) is 0 Å². The zero-order valence-corrected chi connectivity index (χ0v) is 11.0. The Kier molecular flexibility index (Phi) is 4.09.